The van der Waals surface area contributed by atoms with Crippen LogP contribution >= 0.6 is 0 Å². The quantitative estimate of drug-likeness (QED) is 0.497. The summed E-state index contributed by atoms with van der Waals surface area (Å²) in [7, 11) is 0. The molecule has 0 saturated heterocycles. The van der Waals surface area contributed by atoms with Crippen LogP contribution in [0.1, 0.15) is 38.0 Å². The lowest BCUT2D eigenvalue weighted by molar-refractivity contribution is -0.176. The van der Waals surface area contributed by atoms with Crippen molar-refractivity contribution >= 4 is 11.9 Å². The molecule has 0 bridgehead atoms. The van der Waals surface area contributed by atoms with E-state index in [4.69, 9.17) is 9.47 Å². The number of rotatable bonds is 6. The van der Waals surface area contributed by atoms with Gasteiger partial charge in [0.1, 0.15) is 0 Å². The van der Waals surface area contributed by atoms with Crippen LogP contribution in [-0.4, -0.2) is 23.3 Å². The first kappa shape index (κ1) is 17.9. The number of carbonyl (C=O) groups excluding carboxylic acids is 2. The van der Waals surface area contributed by atoms with Crippen LogP contribution in [0.4, 0.5) is 0 Å². The molecule has 0 aliphatic rings. The summed E-state index contributed by atoms with van der Waals surface area (Å²) in [6.45, 7) is 6.26. The van der Waals surface area contributed by atoms with Gasteiger partial charge in [0.2, 0.25) is 0 Å². The van der Waals surface area contributed by atoms with Gasteiger partial charge in [0.15, 0.2) is 0 Å². The highest BCUT2D eigenvalue weighted by Crippen LogP contribution is 2.23. The van der Waals surface area contributed by atoms with Gasteiger partial charge in [-0.2, -0.15) is 0 Å². The first-order valence-electron chi connectivity index (χ1n) is 7.07. The Balaban J connectivity index is 2.73. The van der Waals surface area contributed by atoms with Gasteiger partial charge >= 0.3 is 11.9 Å². The minimum absolute atomic E-state index is 0.240. The zero-order valence-corrected chi connectivity index (χ0v) is 13.3. The normalized spacial score (nSPS) is 13.9. The Labute approximate surface area is 130 Å². The van der Waals surface area contributed by atoms with Crippen LogP contribution in [0.2, 0.25) is 0 Å². The topological polar surface area (TPSA) is 72.8 Å². The van der Waals surface area contributed by atoms with Crippen LogP contribution in [0.3, 0.4) is 0 Å². The molecule has 1 rings (SSSR count). The van der Waals surface area contributed by atoms with Crippen molar-refractivity contribution in [1.29, 1.82) is 0 Å². The third kappa shape index (κ3) is 6.10. The standard InChI is InChI=1S/C17H22O5/c1-11-5-8-15(9-6-11)17(20)12(2)7-10-16(21-13(3)18)22-14(4)19/h5-10,12,16-17,20H,1-4H3. The van der Waals surface area contributed by atoms with E-state index in [1.807, 2.05) is 38.1 Å². The van der Waals surface area contributed by atoms with E-state index in [0.29, 0.717) is 0 Å². The third-order valence-corrected chi connectivity index (χ3v) is 3.05. The molecule has 1 N–H and O–H groups in total. The van der Waals surface area contributed by atoms with Crippen molar-refractivity contribution in [3.63, 3.8) is 0 Å². The van der Waals surface area contributed by atoms with Gasteiger partial charge in [-0.15, -0.1) is 0 Å². The Bertz CT molecular complexity index is 516. The van der Waals surface area contributed by atoms with E-state index < -0.39 is 24.3 Å². The molecule has 0 radical (unpaired) electrons. The molecule has 1 aromatic rings. The van der Waals surface area contributed by atoms with Crippen molar-refractivity contribution in [1.82, 2.24) is 0 Å². The minimum atomic E-state index is -1.08. The second kappa shape index (κ2) is 8.34. The molecule has 5 nitrogen and oxygen atoms in total. The van der Waals surface area contributed by atoms with Gasteiger partial charge in [-0.3, -0.25) is 9.59 Å². The lowest BCUT2D eigenvalue weighted by atomic mass is 9.96. The average molecular weight is 306 g/mol. The SMILES string of the molecule is CC(=O)OC(C=CC(C)C(O)c1ccc(C)cc1)OC(C)=O. The molecule has 0 amide bonds. The van der Waals surface area contributed by atoms with Crippen LogP contribution in [0.5, 0.6) is 0 Å². The Morgan fingerprint density at radius 2 is 1.55 bits per heavy atom. The van der Waals surface area contributed by atoms with Gasteiger partial charge in [-0.05, 0) is 18.6 Å². The Morgan fingerprint density at radius 1 is 1.05 bits per heavy atom. The predicted molar refractivity (Wildman–Crippen MR) is 81.8 cm³/mol. The van der Waals surface area contributed by atoms with Crippen molar-refractivity contribution in [2.24, 2.45) is 5.92 Å². The number of aryl methyl sites for hydroxylation is 1. The van der Waals surface area contributed by atoms with Crippen molar-refractivity contribution < 1.29 is 24.2 Å². The summed E-state index contributed by atoms with van der Waals surface area (Å²) in [4.78, 5) is 21.9. The molecule has 0 fully saturated rings. The molecule has 2 unspecified atom stereocenters. The van der Waals surface area contributed by atoms with E-state index in [0.717, 1.165) is 11.1 Å². The number of ether oxygens (including phenoxy) is 2. The van der Waals surface area contributed by atoms with Gasteiger partial charge in [0.25, 0.3) is 6.29 Å². The summed E-state index contributed by atoms with van der Waals surface area (Å²) in [6, 6.07) is 7.57. The third-order valence-electron chi connectivity index (χ3n) is 3.05. The molecule has 0 aromatic heterocycles. The second-order valence-electron chi connectivity index (χ2n) is 5.19. The fraction of sp³-hybridized carbons (Fsp3) is 0.412. The van der Waals surface area contributed by atoms with Gasteiger partial charge in [0.05, 0.1) is 6.10 Å². The number of aliphatic hydroxyl groups excluding tert-OH is 1. The van der Waals surface area contributed by atoms with Gasteiger partial charge in [-0.1, -0.05) is 42.8 Å². The predicted octanol–water partition coefficient (Wildman–Crippen LogP) is 2.67. The highest BCUT2D eigenvalue weighted by Gasteiger charge is 2.16. The Kier molecular flexibility index (Phi) is 6.79. The molecule has 0 aliphatic carbocycles. The maximum absolute atomic E-state index is 11.0. The molecule has 1 aromatic carbocycles. The number of benzene rings is 1. The molecule has 22 heavy (non-hydrogen) atoms. The summed E-state index contributed by atoms with van der Waals surface area (Å²) < 4.78 is 9.72. The second-order valence-corrected chi connectivity index (χ2v) is 5.19. The number of esters is 2. The first-order chi connectivity index (χ1) is 10.3. The van der Waals surface area contributed by atoms with Gasteiger partial charge in [0, 0.05) is 19.8 Å². The summed E-state index contributed by atoms with van der Waals surface area (Å²) in [5.74, 6) is -1.35. The first-order valence-corrected chi connectivity index (χ1v) is 7.07. The minimum Gasteiger partial charge on any atom is -0.421 e. The van der Waals surface area contributed by atoms with Crippen LogP contribution in [0.15, 0.2) is 36.4 Å². The van der Waals surface area contributed by atoms with E-state index in [2.05, 4.69) is 0 Å². The van der Waals surface area contributed by atoms with E-state index in [-0.39, 0.29) is 5.92 Å². The number of aliphatic hydroxyl groups is 1. The molecular weight excluding hydrogens is 284 g/mol. The Hall–Kier alpha value is -2.14. The van der Waals surface area contributed by atoms with E-state index >= 15 is 0 Å². The van der Waals surface area contributed by atoms with Crippen molar-refractivity contribution in [2.75, 3.05) is 0 Å². The summed E-state index contributed by atoms with van der Waals surface area (Å²) in [5.41, 5.74) is 1.91. The van der Waals surface area contributed by atoms with Crippen molar-refractivity contribution in [3.05, 3.63) is 47.5 Å². The maximum atomic E-state index is 11.0. The number of carbonyl (C=O) groups is 2. The highest BCUT2D eigenvalue weighted by molar-refractivity contribution is 5.68. The molecular formula is C17H22O5. The van der Waals surface area contributed by atoms with Crippen LogP contribution in [-0.2, 0) is 19.1 Å². The van der Waals surface area contributed by atoms with Crippen molar-refractivity contribution in [2.45, 2.75) is 40.1 Å². The summed E-state index contributed by atoms with van der Waals surface area (Å²) >= 11 is 0. The highest BCUT2D eigenvalue weighted by atomic mass is 16.7. The molecule has 0 aliphatic heterocycles. The molecule has 5 heteroatoms. The molecule has 2 atom stereocenters. The average Bonchev–Trinajstić information content (AvgIpc) is 2.43. The van der Waals surface area contributed by atoms with Crippen LogP contribution < -0.4 is 0 Å². The largest absolute Gasteiger partial charge is 0.421 e. The Morgan fingerprint density at radius 3 is 2.00 bits per heavy atom. The number of hydrogen-bond acceptors (Lipinski definition) is 5. The molecule has 0 spiro atoms. The number of hydrogen-bond donors (Lipinski definition) is 1. The van der Waals surface area contributed by atoms with E-state index in [9.17, 15) is 14.7 Å². The fourth-order valence-corrected chi connectivity index (χ4v) is 1.87. The lowest BCUT2D eigenvalue weighted by Gasteiger charge is -2.18. The monoisotopic (exact) mass is 306 g/mol. The van der Waals surface area contributed by atoms with Crippen LogP contribution in [0, 0.1) is 12.8 Å². The zero-order valence-electron chi connectivity index (χ0n) is 13.3. The lowest BCUT2D eigenvalue weighted by Crippen LogP contribution is -2.20. The zero-order chi connectivity index (χ0) is 16.7. The van der Waals surface area contributed by atoms with Crippen molar-refractivity contribution in [3.8, 4) is 0 Å². The smallest absolute Gasteiger partial charge is 0.305 e. The van der Waals surface area contributed by atoms with Gasteiger partial charge in [-0.25, -0.2) is 0 Å². The molecule has 0 heterocycles. The molecule has 0 saturated carbocycles. The summed E-state index contributed by atoms with van der Waals surface area (Å²) in [6.07, 6.45) is 1.32. The summed E-state index contributed by atoms with van der Waals surface area (Å²) in [5, 5.41) is 10.3. The maximum Gasteiger partial charge on any atom is 0.305 e. The van der Waals surface area contributed by atoms with E-state index in [1.165, 1.54) is 19.9 Å². The van der Waals surface area contributed by atoms with Gasteiger partial charge < -0.3 is 14.6 Å². The van der Waals surface area contributed by atoms with E-state index in [1.54, 1.807) is 6.08 Å². The van der Waals surface area contributed by atoms with Crippen LogP contribution in [0.25, 0.3) is 0 Å². The fourth-order valence-electron chi connectivity index (χ4n) is 1.87. The molecule has 120 valence electrons.